The molecule has 0 fully saturated rings. The highest BCUT2D eigenvalue weighted by atomic mass is 16.5. The van der Waals surface area contributed by atoms with Crippen molar-refractivity contribution in [2.75, 3.05) is 40.4 Å². The van der Waals surface area contributed by atoms with Crippen molar-refractivity contribution in [1.82, 2.24) is 10.2 Å². The normalized spacial score (nSPS) is 11.5. The third-order valence-corrected chi connectivity index (χ3v) is 1.97. The Kier molecular flexibility index (Phi) is 7.45. The van der Waals surface area contributed by atoms with Crippen LogP contribution in [-0.2, 0) is 4.74 Å². The van der Waals surface area contributed by atoms with Crippen LogP contribution in [0.3, 0.4) is 0 Å². The summed E-state index contributed by atoms with van der Waals surface area (Å²) in [4.78, 5) is 2.28. The Balaban J connectivity index is 3.08. The van der Waals surface area contributed by atoms with Crippen molar-refractivity contribution in [3.63, 3.8) is 0 Å². The summed E-state index contributed by atoms with van der Waals surface area (Å²) in [7, 11) is 4.05. The van der Waals surface area contributed by atoms with Crippen molar-refractivity contribution >= 4 is 0 Å². The fourth-order valence-electron chi connectivity index (χ4n) is 0.743. The van der Waals surface area contributed by atoms with E-state index >= 15 is 0 Å². The van der Waals surface area contributed by atoms with Crippen LogP contribution in [0.2, 0.25) is 0 Å². The van der Waals surface area contributed by atoms with Crippen molar-refractivity contribution in [2.45, 2.75) is 19.9 Å². The van der Waals surface area contributed by atoms with Gasteiger partial charge in [0.1, 0.15) is 0 Å². The van der Waals surface area contributed by atoms with Crippen LogP contribution in [0, 0.1) is 0 Å². The van der Waals surface area contributed by atoms with Crippen LogP contribution in [0.4, 0.5) is 0 Å². The Morgan fingerprint density at radius 2 is 2.00 bits per heavy atom. The Hall–Kier alpha value is -0.120. The summed E-state index contributed by atoms with van der Waals surface area (Å²) in [6.07, 6.45) is 0. The van der Waals surface area contributed by atoms with Gasteiger partial charge in [-0.15, -0.1) is 0 Å². The van der Waals surface area contributed by atoms with Gasteiger partial charge in [0.2, 0.25) is 0 Å². The number of nitrogens with one attached hydrogen (secondary N) is 1. The Morgan fingerprint density at radius 3 is 2.50 bits per heavy atom. The largest absolute Gasteiger partial charge is 0.379 e. The Morgan fingerprint density at radius 1 is 1.33 bits per heavy atom. The van der Waals surface area contributed by atoms with E-state index in [1.165, 1.54) is 0 Å². The average molecular weight is 174 g/mol. The van der Waals surface area contributed by atoms with E-state index in [9.17, 15) is 0 Å². The molecule has 0 heterocycles. The van der Waals surface area contributed by atoms with Crippen molar-refractivity contribution in [3.8, 4) is 0 Å². The van der Waals surface area contributed by atoms with Gasteiger partial charge in [0.05, 0.1) is 13.2 Å². The van der Waals surface area contributed by atoms with Crippen LogP contribution in [0.5, 0.6) is 0 Å². The minimum Gasteiger partial charge on any atom is -0.379 e. The smallest absolute Gasteiger partial charge is 0.0594 e. The molecule has 0 atom stereocenters. The van der Waals surface area contributed by atoms with Crippen LogP contribution < -0.4 is 5.32 Å². The third-order valence-electron chi connectivity index (χ3n) is 1.97. The lowest BCUT2D eigenvalue weighted by atomic mass is 10.3. The van der Waals surface area contributed by atoms with Crippen LogP contribution in [0.15, 0.2) is 0 Å². The molecular weight excluding hydrogens is 152 g/mol. The molecule has 0 aromatic carbocycles. The first kappa shape index (κ1) is 11.9. The fourth-order valence-corrected chi connectivity index (χ4v) is 0.743. The molecular formula is C9H22N2O. The van der Waals surface area contributed by atoms with Crippen LogP contribution in [0.25, 0.3) is 0 Å². The predicted octanol–water partition coefficient (Wildman–Crippen LogP) is 0.563. The summed E-state index contributed by atoms with van der Waals surface area (Å²) >= 11 is 0. The number of hydrogen-bond acceptors (Lipinski definition) is 3. The Labute approximate surface area is 76.1 Å². The summed E-state index contributed by atoms with van der Waals surface area (Å²) in [6.45, 7) is 7.97. The maximum Gasteiger partial charge on any atom is 0.0594 e. The highest BCUT2D eigenvalue weighted by molar-refractivity contribution is 4.55. The summed E-state index contributed by atoms with van der Waals surface area (Å²) in [6, 6.07) is 0.609. The molecule has 0 aromatic rings. The molecule has 3 nitrogen and oxygen atoms in total. The third kappa shape index (κ3) is 6.58. The predicted molar refractivity (Wildman–Crippen MR) is 52.5 cm³/mol. The summed E-state index contributed by atoms with van der Waals surface area (Å²) in [5, 5.41) is 3.04. The molecule has 0 rings (SSSR count). The van der Waals surface area contributed by atoms with Crippen LogP contribution >= 0.6 is 0 Å². The first-order valence-electron chi connectivity index (χ1n) is 4.61. The van der Waals surface area contributed by atoms with Crippen molar-refractivity contribution in [3.05, 3.63) is 0 Å². The number of hydrogen-bond donors (Lipinski definition) is 1. The summed E-state index contributed by atoms with van der Waals surface area (Å²) in [5.41, 5.74) is 0. The molecule has 0 spiro atoms. The molecule has 12 heavy (non-hydrogen) atoms. The molecule has 3 heteroatoms. The molecule has 0 saturated carbocycles. The number of ether oxygens (including phenoxy) is 1. The van der Waals surface area contributed by atoms with E-state index in [4.69, 9.17) is 4.74 Å². The van der Waals surface area contributed by atoms with Gasteiger partial charge in [-0.1, -0.05) is 0 Å². The molecule has 0 radical (unpaired) electrons. The van der Waals surface area contributed by atoms with Crippen molar-refractivity contribution < 1.29 is 4.74 Å². The van der Waals surface area contributed by atoms with E-state index in [0.29, 0.717) is 6.04 Å². The molecule has 0 amide bonds. The molecule has 0 aliphatic rings. The number of likely N-dealkylation sites (N-methyl/N-ethyl adjacent to an activating group) is 2. The maximum absolute atomic E-state index is 5.39. The Bertz CT molecular complexity index is 96.5. The van der Waals surface area contributed by atoms with E-state index < -0.39 is 0 Å². The zero-order valence-corrected chi connectivity index (χ0v) is 8.76. The molecule has 0 saturated heterocycles. The van der Waals surface area contributed by atoms with E-state index in [-0.39, 0.29) is 0 Å². The molecule has 0 bridgehead atoms. The van der Waals surface area contributed by atoms with Crippen LogP contribution in [0.1, 0.15) is 13.8 Å². The second-order valence-electron chi connectivity index (χ2n) is 3.29. The van der Waals surface area contributed by atoms with Gasteiger partial charge in [0.15, 0.2) is 0 Å². The highest BCUT2D eigenvalue weighted by Gasteiger charge is 2.01. The fraction of sp³-hybridized carbons (Fsp3) is 1.00. The summed E-state index contributed by atoms with van der Waals surface area (Å²) in [5.74, 6) is 0. The lowest BCUT2D eigenvalue weighted by Gasteiger charge is -2.20. The minimum absolute atomic E-state index is 0.609. The lowest BCUT2D eigenvalue weighted by molar-refractivity contribution is 0.106. The SMILES string of the molecule is CNCCOCCN(C)C(C)C. The minimum atomic E-state index is 0.609. The standard InChI is InChI=1S/C9H22N2O/c1-9(2)11(4)6-8-12-7-5-10-3/h9-10H,5-8H2,1-4H3. The molecule has 0 aliphatic carbocycles. The molecule has 0 unspecified atom stereocenters. The van der Waals surface area contributed by atoms with Crippen molar-refractivity contribution in [1.29, 1.82) is 0 Å². The molecule has 0 aliphatic heterocycles. The van der Waals surface area contributed by atoms with Gasteiger partial charge >= 0.3 is 0 Å². The zero-order valence-electron chi connectivity index (χ0n) is 8.76. The summed E-state index contributed by atoms with van der Waals surface area (Å²) < 4.78 is 5.39. The molecule has 1 N–H and O–H groups in total. The van der Waals surface area contributed by atoms with E-state index in [1.807, 2.05) is 7.05 Å². The maximum atomic E-state index is 5.39. The van der Waals surface area contributed by atoms with Gasteiger partial charge in [0.25, 0.3) is 0 Å². The van der Waals surface area contributed by atoms with Crippen molar-refractivity contribution in [2.24, 2.45) is 0 Å². The van der Waals surface area contributed by atoms with Gasteiger partial charge in [-0.2, -0.15) is 0 Å². The van der Waals surface area contributed by atoms with Gasteiger partial charge in [-0.05, 0) is 27.9 Å². The zero-order chi connectivity index (χ0) is 9.40. The average Bonchev–Trinajstić information content (AvgIpc) is 2.03. The molecule has 74 valence electrons. The van der Waals surface area contributed by atoms with Gasteiger partial charge in [-0.25, -0.2) is 0 Å². The van der Waals surface area contributed by atoms with Gasteiger partial charge in [-0.3, -0.25) is 0 Å². The number of nitrogens with zero attached hydrogens (tertiary/aromatic N) is 1. The first-order valence-corrected chi connectivity index (χ1v) is 4.61. The van der Waals surface area contributed by atoms with Gasteiger partial charge in [0, 0.05) is 19.1 Å². The van der Waals surface area contributed by atoms with Crippen LogP contribution in [-0.4, -0.2) is 51.3 Å². The first-order chi connectivity index (χ1) is 5.68. The lowest BCUT2D eigenvalue weighted by Crippen LogP contribution is -2.30. The highest BCUT2D eigenvalue weighted by Crippen LogP contribution is 1.91. The van der Waals surface area contributed by atoms with E-state index in [2.05, 4.69) is 31.1 Å². The second-order valence-corrected chi connectivity index (χ2v) is 3.29. The number of rotatable bonds is 7. The van der Waals surface area contributed by atoms with E-state index in [0.717, 1.165) is 26.3 Å². The van der Waals surface area contributed by atoms with E-state index in [1.54, 1.807) is 0 Å². The topological polar surface area (TPSA) is 24.5 Å². The van der Waals surface area contributed by atoms with Gasteiger partial charge < -0.3 is 15.0 Å². The molecule has 0 aromatic heterocycles. The second kappa shape index (κ2) is 7.53. The monoisotopic (exact) mass is 174 g/mol. The quantitative estimate of drug-likeness (QED) is 0.571.